The zero-order chi connectivity index (χ0) is 8.27. The molecule has 11 heavy (non-hydrogen) atoms. The number of hydrazine groups is 1. The average molecular weight is 157 g/mol. The average Bonchev–Trinajstić information content (AvgIpc) is 2.05. The van der Waals surface area contributed by atoms with E-state index in [4.69, 9.17) is 0 Å². The van der Waals surface area contributed by atoms with Gasteiger partial charge in [0.05, 0.1) is 0 Å². The molecular formula is C8H19N3. The highest BCUT2D eigenvalue weighted by Gasteiger charge is 2.21. The summed E-state index contributed by atoms with van der Waals surface area (Å²) in [7, 11) is 4.21. The molecule has 66 valence electrons. The molecule has 0 aromatic carbocycles. The molecule has 1 saturated heterocycles. The van der Waals surface area contributed by atoms with Gasteiger partial charge in [-0.1, -0.05) is 6.92 Å². The third kappa shape index (κ3) is 2.15. The molecule has 1 fully saturated rings. The van der Waals surface area contributed by atoms with Crippen LogP contribution in [0.15, 0.2) is 0 Å². The standard InChI is InChI=1S/C8H19N3/c1-4-8-7-11(9-2)6-5-10(8)3/h8-9H,4-7H2,1-3H3. The van der Waals surface area contributed by atoms with Crippen molar-refractivity contribution in [1.29, 1.82) is 0 Å². The summed E-state index contributed by atoms with van der Waals surface area (Å²) in [5.74, 6) is 0. The molecule has 0 aromatic heterocycles. The van der Waals surface area contributed by atoms with E-state index in [0.29, 0.717) is 0 Å². The first-order chi connectivity index (χ1) is 5.27. The van der Waals surface area contributed by atoms with Crippen LogP contribution in [-0.4, -0.2) is 49.7 Å². The molecule has 0 bridgehead atoms. The highest BCUT2D eigenvalue weighted by atomic mass is 15.5. The van der Waals surface area contributed by atoms with Gasteiger partial charge in [-0.3, -0.25) is 5.43 Å². The lowest BCUT2D eigenvalue weighted by molar-refractivity contribution is 0.0642. The van der Waals surface area contributed by atoms with E-state index < -0.39 is 0 Å². The van der Waals surface area contributed by atoms with Gasteiger partial charge in [-0.05, 0) is 20.5 Å². The van der Waals surface area contributed by atoms with Crippen LogP contribution in [0.5, 0.6) is 0 Å². The lowest BCUT2D eigenvalue weighted by Crippen LogP contribution is -2.54. The van der Waals surface area contributed by atoms with E-state index in [1.807, 2.05) is 7.05 Å². The fourth-order valence-electron chi connectivity index (χ4n) is 1.59. The Balaban J connectivity index is 2.37. The van der Waals surface area contributed by atoms with Crippen LogP contribution in [0.1, 0.15) is 13.3 Å². The van der Waals surface area contributed by atoms with Crippen molar-refractivity contribution in [3.8, 4) is 0 Å². The van der Waals surface area contributed by atoms with Gasteiger partial charge in [-0.15, -0.1) is 0 Å². The zero-order valence-corrected chi connectivity index (χ0v) is 7.80. The van der Waals surface area contributed by atoms with Gasteiger partial charge in [0.1, 0.15) is 0 Å². The molecule has 3 nitrogen and oxygen atoms in total. The van der Waals surface area contributed by atoms with Crippen LogP contribution >= 0.6 is 0 Å². The minimum Gasteiger partial charge on any atom is -0.301 e. The Bertz CT molecular complexity index is 116. The topological polar surface area (TPSA) is 18.5 Å². The molecule has 0 aromatic rings. The smallest absolute Gasteiger partial charge is 0.0287 e. The van der Waals surface area contributed by atoms with Crippen molar-refractivity contribution in [2.75, 3.05) is 33.7 Å². The van der Waals surface area contributed by atoms with Crippen LogP contribution in [0.2, 0.25) is 0 Å². The van der Waals surface area contributed by atoms with E-state index in [9.17, 15) is 0 Å². The fraction of sp³-hybridized carbons (Fsp3) is 1.00. The SMILES string of the molecule is CCC1CN(NC)CCN1C. The van der Waals surface area contributed by atoms with E-state index in [1.165, 1.54) is 13.0 Å². The van der Waals surface area contributed by atoms with Crippen molar-refractivity contribution < 1.29 is 0 Å². The van der Waals surface area contributed by atoms with Gasteiger partial charge in [-0.25, -0.2) is 5.01 Å². The first-order valence-corrected chi connectivity index (χ1v) is 4.40. The first kappa shape index (κ1) is 8.97. The van der Waals surface area contributed by atoms with Gasteiger partial charge in [0, 0.05) is 25.7 Å². The monoisotopic (exact) mass is 157 g/mol. The number of nitrogens with zero attached hydrogens (tertiary/aromatic N) is 2. The Morgan fingerprint density at radius 2 is 2.18 bits per heavy atom. The van der Waals surface area contributed by atoms with Gasteiger partial charge >= 0.3 is 0 Å². The largest absolute Gasteiger partial charge is 0.301 e. The molecule has 1 unspecified atom stereocenters. The van der Waals surface area contributed by atoms with Crippen molar-refractivity contribution >= 4 is 0 Å². The second-order valence-corrected chi connectivity index (χ2v) is 3.21. The summed E-state index contributed by atoms with van der Waals surface area (Å²) in [5, 5.41) is 2.29. The number of nitrogens with one attached hydrogen (secondary N) is 1. The molecule has 0 saturated carbocycles. The highest BCUT2D eigenvalue weighted by Crippen LogP contribution is 2.07. The molecule has 1 atom stereocenters. The Labute approximate surface area is 69.3 Å². The third-order valence-electron chi connectivity index (χ3n) is 2.56. The van der Waals surface area contributed by atoms with Gasteiger partial charge in [0.15, 0.2) is 0 Å². The van der Waals surface area contributed by atoms with Crippen LogP contribution in [0.3, 0.4) is 0 Å². The number of piperazine rings is 1. The van der Waals surface area contributed by atoms with Gasteiger partial charge in [-0.2, -0.15) is 0 Å². The van der Waals surface area contributed by atoms with E-state index in [-0.39, 0.29) is 0 Å². The van der Waals surface area contributed by atoms with Crippen LogP contribution in [0.4, 0.5) is 0 Å². The van der Waals surface area contributed by atoms with E-state index in [1.54, 1.807) is 0 Å². The summed E-state index contributed by atoms with van der Waals surface area (Å²) in [6.07, 6.45) is 1.24. The van der Waals surface area contributed by atoms with Gasteiger partial charge < -0.3 is 4.90 Å². The summed E-state index contributed by atoms with van der Waals surface area (Å²) in [4.78, 5) is 2.44. The van der Waals surface area contributed by atoms with Gasteiger partial charge in [0.2, 0.25) is 0 Å². The second kappa shape index (κ2) is 4.04. The highest BCUT2D eigenvalue weighted by molar-refractivity contribution is 4.76. The molecule has 1 aliphatic heterocycles. The Hall–Kier alpha value is -0.120. The molecule has 0 spiro atoms. The molecule has 3 heteroatoms. The molecular weight excluding hydrogens is 138 g/mol. The van der Waals surface area contributed by atoms with E-state index in [2.05, 4.69) is 29.3 Å². The quantitative estimate of drug-likeness (QED) is 0.615. The Morgan fingerprint density at radius 1 is 1.45 bits per heavy atom. The van der Waals surface area contributed by atoms with Crippen molar-refractivity contribution in [2.45, 2.75) is 19.4 Å². The summed E-state index contributed by atoms with van der Waals surface area (Å²) >= 11 is 0. The van der Waals surface area contributed by atoms with Crippen LogP contribution in [0.25, 0.3) is 0 Å². The van der Waals surface area contributed by atoms with Crippen molar-refractivity contribution in [1.82, 2.24) is 15.3 Å². The molecule has 1 rings (SSSR count). The summed E-state index contributed by atoms with van der Waals surface area (Å²) < 4.78 is 0. The minimum absolute atomic E-state index is 0.733. The fourth-order valence-corrected chi connectivity index (χ4v) is 1.59. The number of hydrogen-bond donors (Lipinski definition) is 1. The number of likely N-dealkylation sites (N-methyl/N-ethyl adjacent to an activating group) is 1. The second-order valence-electron chi connectivity index (χ2n) is 3.21. The lowest BCUT2D eigenvalue weighted by Gasteiger charge is -2.38. The van der Waals surface area contributed by atoms with Crippen LogP contribution in [-0.2, 0) is 0 Å². The molecule has 1 N–H and O–H groups in total. The summed E-state index contributed by atoms with van der Waals surface area (Å²) in [6.45, 7) is 5.73. The lowest BCUT2D eigenvalue weighted by atomic mass is 10.1. The van der Waals surface area contributed by atoms with Crippen molar-refractivity contribution in [3.05, 3.63) is 0 Å². The zero-order valence-electron chi connectivity index (χ0n) is 7.80. The van der Waals surface area contributed by atoms with E-state index in [0.717, 1.165) is 19.1 Å². The summed E-state index contributed by atoms with van der Waals surface area (Å²) in [6, 6.07) is 0.733. The predicted molar refractivity (Wildman–Crippen MR) is 47.3 cm³/mol. The van der Waals surface area contributed by atoms with Gasteiger partial charge in [0.25, 0.3) is 0 Å². The predicted octanol–water partition coefficient (Wildman–Crippen LogP) is 0.147. The first-order valence-electron chi connectivity index (χ1n) is 4.40. The molecule has 1 heterocycles. The maximum atomic E-state index is 3.20. The minimum atomic E-state index is 0.733. The molecule has 0 aliphatic carbocycles. The van der Waals surface area contributed by atoms with Crippen molar-refractivity contribution in [3.63, 3.8) is 0 Å². The summed E-state index contributed by atoms with van der Waals surface area (Å²) in [5.41, 5.74) is 3.20. The number of rotatable bonds is 2. The Kier molecular flexibility index (Phi) is 3.30. The number of hydrogen-bond acceptors (Lipinski definition) is 3. The maximum Gasteiger partial charge on any atom is 0.0287 e. The normalized spacial score (nSPS) is 29.2. The molecule has 0 radical (unpaired) electrons. The van der Waals surface area contributed by atoms with Crippen molar-refractivity contribution in [2.24, 2.45) is 0 Å². The van der Waals surface area contributed by atoms with Crippen LogP contribution in [0, 0.1) is 0 Å². The van der Waals surface area contributed by atoms with Crippen LogP contribution < -0.4 is 5.43 Å². The Morgan fingerprint density at radius 3 is 2.73 bits per heavy atom. The van der Waals surface area contributed by atoms with E-state index >= 15 is 0 Å². The molecule has 1 aliphatic rings. The third-order valence-corrected chi connectivity index (χ3v) is 2.56. The maximum absolute atomic E-state index is 3.20. The molecule has 0 amide bonds.